The Morgan fingerprint density at radius 1 is 0.327 bits per heavy atom. The molecule has 49 heavy (non-hydrogen) atoms. The van der Waals surface area contributed by atoms with Gasteiger partial charge >= 0.3 is 0 Å². The smallest absolute Gasteiger partial charge is 0.160 e. The Kier molecular flexibility index (Phi) is 6.39. The van der Waals surface area contributed by atoms with Crippen LogP contribution in [-0.2, 0) is 0 Å². The number of hydrogen-bond donors (Lipinski definition) is 0. The predicted octanol–water partition coefficient (Wildman–Crippen LogP) is 13.0. The molecule has 0 aliphatic heterocycles. The molecule has 0 unspecified atom stereocenters. The highest BCUT2D eigenvalue weighted by Crippen LogP contribution is 2.41. The molecule has 0 amide bonds. The summed E-state index contributed by atoms with van der Waals surface area (Å²) in [5.74, 6) is 0.746. The van der Waals surface area contributed by atoms with Crippen LogP contribution in [0.25, 0.3) is 97.5 Å². The molecule has 0 N–H and O–H groups in total. The quantitative estimate of drug-likeness (QED) is 0.179. The van der Waals surface area contributed by atoms with Crippen molar-refractivity contribution in [3.05, 3.63) is 170 Å². The molecule has 2 aromatic heterocycles. The van der Waals surface area contributed by atoms with Gasteiger partial charge in [-0.1, -0.05) is 146 Å². The Balaban J connectivity index is 1.11. The standard InChI is InChI=1S/C46H28N2S/c1-2-12-29(13-3-1)46-47-43(45-44(48-46)40-22-8-9-23-42(40)49-45)34-17-11-16-32(27-34)30-14-10-15-31(26-30)33-24-25-39-37-20-5-4-18-35(37)36-19-6-7-21-38(36)41(39)28-33/h1-28H. The molecule has 0 aliphatic carbocycles. The van der Waals surface area contributed by atoms with E-state index in [4.69, 9.17) is 9.97 Å². The second-order valence-corrected chi connectivity index (χ2v) is 13.6. The lowest BCUT2D eigenvalue weighted by molar-refractivity contribution is 1.24. The van der Waals surface area contributed by atoms with E-state index in [1.807, 2.05) is 18.2 Å². The summed E-state index contributed by atoms with van der Waals surface area (Å²) in [6.07, 6.45) is 0. The maximum atomic E-state index is 5.21. The molecule has 0 bridgehead atoms. The zero-order chi connectivity index (χ0) is 32.3. The van der Waals surface area contributed by atoms with Gasteiger partial charge in [0.25, 0.3) is 0 Å². The molecule has 0 fully saturated rings. The summed E-state index contributed by atoms with van der Waals surface area (Å²) in [5.41, 5.74) is 8.82. The van der Waals surface area contributed by atoms with Crippen molar-refractivity contribution < 1.29 is 0 Å². The third-order valence-corrected chi connectivity index (χ3v) is 10.8. The maximum Gasteiger partial charge on any atom is 0.160 e. The minimum Gasteiger partial charge on any atom is -0.226 e. The number of hydrogen-bond acceptors (Lipinski definition) is 3. The van der Waals surface area contributed by atoms with Crippen LogP contribution in [0.4, 0.5) is 0 Å². The van der Waals surface area contributed by atoms with Gasteiger partial charge in [0, 0.05) is 21.2 Å². The fourth-order valence-corrected chi connectivity index (χ4v) is 8.47. The monoisotopic (exact) mass is 640 g/mol. The highest BCUT2D eigenvalue weighted by Gasteiger charge is 2.17. The van der Waals surface area contributed by atoms with Crippen LogP contribution >= 0.6 is 11.3 Å². The van der Waals surface area contributed by atoms with Crippen LogP contribution in [0, 0.1) is 0 Å². The molecule has 228 valence electrons. The molecular formula is C46H28N2S. The number of thiophene rings is 1. The average Bonchev–Trinajstić information content (AvgIpc) is 3.57. The molecule has 2 nitrogen and oxygen atoms in total. The van der Waals surface area contributed by atoms with Crippen molar-refractivity contribution in [2.75, 3.05) is 0 Å². The van der Waals surface area contributed by atoms with Gasteiger partial charge in [0.1, 0.15) is 0 Å². The molecule has 0 aliphatic rings. The van der Waals surface area contributed by atoms with Gasteiger partial charge in [0.15, 0.2) is 5.82 Å². The molecule has 0 saturated heterocycles. The number of rotatable bonds is 4. The molecule has 0 radical (unpaired) electrons. The number of benzene rings is 8. The Bertz CT molecular complexity index is 2850. The van der Waals surface area contributed by atoms with E-state index in [1.54, 1.807) is 11.3 Å². The summed E-state index contributed by atoms with van der Waals surface area (Å²) in [7, 11) is 0. The first-order valence-electron chi connectivity index (χ1n) is 16.6. The summed E-state index contributed by atoms with van der Waals surface area (Å²) in [4.78, 5) is 10.3. The Labute approximate surface area is 287 Å². The van der Waals surface area contributed by atoms with E-state index in [0.29, 0.717) is 0 Å². The van der Waals surface area contributed by atoms with Gasteiger partial charge in [0.05, 0.1) is 15.9 Å². The van der Waals surface area contributed by atoms with Crippen molar-refractivity contribution in [3.8, 4) is 44.9 Å². The average molecular weight is 641 g/mol. The van der Waals surface area contributed by atoms with Crippen LogP contribution < -0.4 is 0 Å². The van der Waals surface area contributed by atoms with Crippen LogP contribution in [0.1, 0.15) is 0 Å². The van der Waals surface area contributed by atoms with E-state index >= 15 is 0 Å². The van der Waals surface area contributed by atoms with E-state index in [9.17, 15) is 0 Å². The SMILES string of the molecule is c1ccc(-c2nc(-c3cccc(-c4cccc(-c5ccc6c7ccccc7c7ccccc7c6c5)c4)c3)c3sc4ccccc4c3n2)cc1. The van der Waals surface area contributed by atoms with Crippen molar-refractivity contribution in [2.45, 2.75) is 0 Å². The predicted molar refractivity (Wildman–Crippen MR) is 209 cm³/mol. The van der Waals surface area contributed by atoms with Crippen molar-refractivity contribution in [3.63, 3.8) is 0 Å². The van der Waals surface area contributed by atoms with Crippen LogP contribution in [-0.4, -0.2) is 9.97 Å². The lowest BCUT2D eigenvalue weighted by atomic mass is 9.91. The molecule has 0 atom stereocenters. The van der Waals surface area contributed by atoms with Gasteiger partial charge in [-0.15, -0.1) is 11.3 Å². The minimum atomic E-state index is 0.746. The molecule has 0 spiro atoms. The third-order valence-electron chi connectivity index (χ3n) is 9.66. The van der Waals surface area contributed by atoms with Gasteiger partial charge < -0.3 is 0 Å². The maximum absolute atomic E-state index is 5.21. The van der Waals surface area contributed by atoms with E-state index in [1.165, 1.54) is 59.1 Å². The van der Waals surface area contributed by atoms with Crippen molar-refractivity contribution in [1.82, 2.24) is 9.97 Å². The number of aromatic nitrogens is 2. The van der Waals surface area contributed by atoms with Gasteiger partial charge in [-0.2, -0.15) is 0 Å². The lowest BCUT2D eigenvalue weighted by Gasteiger charge is -2.13. The van der Waals surface area contributed by atoms with Gasteiger partial charge in [0.2, 0.25) is 0 Å². The molecule has 10 rings (SSSR count). The molecule has 3 heteroatoms. The lowest BCUT2D eigenvalue weighted by Crippen LogP contribution is -1.93. The molecule has 2 heterocycles. The van der Waals surface area contributed by atoms with Crippen LogP contribution in [0.3, 0.4) is 0 Å². The van der Waals surface area contributed by atoms with Crippen LogP contribution in [0.15, 0.2) is 170 Å². The second-order valence-electron chi connectivity index (χ2n) is 12.6. The van der Waals surface area contributed by atoms with E-state index in [-0.39, 0.29) is 0 Å². The minimum absolute atomic E-state index is 0.746. The second kappa shape index (κ2) is 11.2. The number of nitrogens with zero attached hydrogens (tertiary/aromatic N) is 2. The van der Waals surface area contributed by atoms with Crippen LogP contribution in [0.5, 0.6) is 0 Å². The first-order chi connectivity index (χ1) is 24.3. The zero-order valence-electron chi connectivity index (χ0n) is 26.5. The Morgan fingerprint density at radius 2 is 0.816 bits per heavy atom. The van der Waals surface area contributed by atoms with Crippen molar-refractivity contribution in [1.29, 1.82) is 0 Å². The fraction of sp³-hybridized carbons (Fsp3) is 0. The summed E-state index contributed by atoms with van der Waals surface area (Å²) in [6.45, 7) is 0. The number of fused-ring (bicyclic) bond motifs is 9. The summed E-state index contributed by atoms with van der Waals surface area (Å²) < 4.78 is 2.33. The first kappa shape index (κ1) is 27.9. The van der Waals surface area contributed by atoms with Crippen molar-refractivity contribution in [2.24, 2.45) is 0 Å². The van der Waals surface area contributed by atoms with Gasteiger partial charge in [-0.05, 0) is 78.8 Å². The fourth-order valence-electron chi connectivity index (χ4n) is 7.31. The topological polar surface area (TPSA) is 25.8 Å². The molecule has 10 aromatic rings. The highest BCUT2D eigenvalue weighted by molar-refractivity contribution is 7.26. The molecule has 8 aromatic carbocycles. The molecule has 0 saturated carbocycles. The van der Waals surface area contributed by atoms with Gasteiger partial charge in [-0.3, -0.25) is 0 Å². The Morgan fingerprint density at radius 3 is 1.49 bits per heavy atom. The highest BCUT2D eigenvalue weighted by atomic mass is 32.1. The van der Waals surface area contributed by atoms with Crippen LogP contribution in [0.2, 0.25) is 0 Å². The first-order valence-corrected chi connectivity index (χ1v) is 17.4. The van der Waals surface area contributed by atoms with E-state index < -0.39 is 0 Å². The van der Waals surface area contributed by atoms with Crippen molar-refractivity contribution >= 4 is 64.0 Å². The molecular weight excluding hydrogens is 613 g/mol. The summed E-state index contributed by atoms with van der Waals surface area (Å²) in [5, 5.41) is 8.91. The normalized spacial score (nSPS) is 11.7. The van der Waals surface area contributed by atoms with E-state index in [0.717, 1.165) is 38.4 Å². The third kappa shape index (κ3) is 4.62. The van der Waals surface area contributed by atoms with E-state index in [2.05, 4.69) is 152 Å². The van der Waals surface area contributed by atoms with Gasteiger partial charge in [-0.25, -0.2) is 9.97 Å². The Hall–Kier alpha value is -6.16. The summed E-state index contributed by atoms with van der Waals surface area (Å²) in [6, 6.07) is 60.9. The largest absolute Gasteiger partial charge is 0.226 e. The summed E-state index contributed by atoms with van der Waals surface area (Å²) >= 11 is 1.77. The zero-order valence-corrected chi connectivity index (χ0v) is 27.3.